The Kier molecular flexibility index (Phi) is 7.83. The number of ether oxygens (including phenoxy) is 2. The lowest BCUT2D eigenvalue weighted by Gasteiger charge is -2.26. The normalized spacial score (nSPS) is 14.5. The average Bonchev–Trinajstić information content (AvgIpc) is 2.87. The Morgan fingerprint density at radius 3 is 2.16 bits per heavy atom. The summed E-state index contributed by atoms with van der Waals surface area (Å²) in [5.41, 5.74) is 1.24. The van der Waals surface area contributed by atoms with E-state index in [4.69, 9.17) is 39.5 Å². The van der Waals surface area contributed by atoms with Crippen LogP contribution >= 0.6 is 34.8 Å². The molecule has 4 amide bonds. The summed E-state index contributed by atoms with van der Waals surface area (Å²) in [5, 5.41) is 3.03. The molecule has 0 saturated carbocycles. The van der Waals surface area contributed by atoms with Crippen LogP contribution in [0.3, 0.4) is 0 Å². The number of methoxy groups -OCH3 is 1. The van der Waals surface area contributed by atoms with Crippen molar-refractivity contribution in [3.63, 3.8) is 0 Å². The first-order valence-corrected chi connectivity index (χ1v) is 11.8. The third kappa shape index (κ3) is 5.77. The summed E-state index contributed by atoms with van der Waals surface area (Å²) in [6, 6.07) is 14.6. The molecule has 1 aliphatic rings. The molecule has 1 heterocycles. The zero-order valence-corrected chi connectivity index (χ0v) is 21.4. The summed E-state index contributed by atoms with van der Waals surface area (Å²) in [5.74, 6) is -2.10. The van der Waals surface area contributed by atoms with Gasteiger partial charge in [-0.2, -0.15) is 0 Å². The molecule has 3 aromatic rings. The van der Waals surface area contributed by atoms with Crippen LogP contribution in [-0.2, 0) is 20.9 Å². The summed E-state index contributed by atoms with van der Waals surface area (Å²) in [4.78, 5) is 50.5. The van der Waals surface area contributed by atoms with Crippen molar-refractivity contribution in [1.82, 2.24) is 5.32 Å². The van der Waals surface area contributed by atoms with Gasteiger partial charge in [-0.3, -0.25) is 14.9 Å². The van der Waals surface area contributed by atoms with Crippen LogP contribution in [0.5, 0.6) is 5.75 Å². The molecule has 0 radical (unpaired) electrons. The van der Waals surface area contributed by atoms with Gasteiger partial charge >= 0.3 is 12.0 Å². The predicted molar refractivity (Wildman–Crippen MR) is 139 cm³/mol. The second kappa shape index (κ2) is 11.0. The maximum atomic E-state index is 13.1. The van der Waals surface area contributed by atoms with Crippen LogP contribution < -0.4 is 15.0 Å². The number of halogens is 3. The van der Waals surface area contributed by atoms with E-state index in [0.717, 1.165) is 10.5 Å². The Morgan fingerprint density at radius 1 is 0.946 bits per heavy atom. The van der Waals surface area contributed by atoms with E-state index >= 15 is 0 Å². The average molecular weight is 560 g/mol. The Morgan fingerprint density at radius 2 is 1.57 bits per heavy atom. The van der Waals surface area contributed by atoms with E-state index in [1.165, 1.54) is 49.6 Å². The zero-order valence-electron chi connectivity index (χ0n) is 19.1. The Labute approximate surface area is 226 Å². The molecule has 1 fully saturated rings. The summed E-state index contributed by atoms with van der Waals surface area (Å²) >= 11 is 18.6. The van der Waals surface area contributed by atoms with E-state index in [9.17, 15) is 19.2 Å². The molecule has 8 nitrogen and oxygen atoms in total. The first-order valence-electron chi connectivity index (χ1n) is 10.6. The fourth-order valence-electron chi connectivity index (χ4n) is 3.46. The lowest BCUT2D eigenvalue weighted by atomic mass is 10.1. The largest absolute Gasteiger partial charge is 0.486 e. The van der Waals surface area contributed by atoms with Gasteiger partial charge in [-0.25, -0.2) is 14.5 Å². The van der Waals surface area contributed by atoms with Crippen LogP contribution in [0.25, 0.3) is 6.08 Å². The Bertz CT molecular complexity index is 1410. The molecular formula is C26H17Cl3N2O6. The van der Waals surface area contributed by atoms with Crippen molar-refractivity contribution >= 4 is 70.4 Å². The molecule has 0 spiro atoms. The lowest BCUT2D eigenvalue weighted by molar-refractivity contribution is -0.122. The monoisotopic (exact) mass is 558 g/mol. The van der Waals surface area contributed by atoms with E-state index in [1.54, 1.807) is 24.3 Å². The molecule has 11 heteroatoms. The Balaban J connectivity index is 1.58. The molecule has 0 unspecified atom stereocenters. The number of hydrogen-bond donors (Lipinski definition) is 1. The molecule has 0 bridgehead atoms. The maximum absolute atomic E-state index is 13.1. The number of carbonyl (C=O) groups excluding carboxylic acids is 4. The number of carbonyl (C=O) groups is 4. The van der Waals surface area contributed by atoms with Crippen molar-refractivity contribution in [3.8, 4) is 5.75 Å². The van der Waals surface area contributed by atoms with Crippen molar-refractivity contribution in [2.45, 2.75) is 6.61 Å². The summed E-state index contributed by atoms with van der Waals surface area (Å²) in [6.07, 6.45) is 1.26. The van der Waals surface area contributed by atoms with Gasteiger partial charge in [0.15, 0.2) is 5.75 Å². The molecule has 1 N–H and O–H groups in total. The van der Waals surface area contributed by atoms with Crippen molar-refractivity contribution in [2.75, 3.05) is 12.0 Å². The zero-order chi connectivity index (χ0) is 26.7. The number of benzene rings is 3. The second-order valence-electron chi connectivity index (χ2n) is 7.73. The summed E-state index contributed by atoms with van der Waals surface area (Å²) in [6.45, 7) is 0.184. The van der Waals surface area contributed by atoms with Gasteiger partial charge in [0.2, 0.25) is 0 Å². The number of hydrogen-bond acceptors (Lipinski definition) is 6. The minimum Gasteiger partial charge on any atom is -0.486 e. The molecule has 0 atom stereocenters. The standard InChI is InChI=1S/C26H17Cl3N2O6/c1-36-25(34)16-4-8-18(9-5-16)31-24(33)19(23(32)30-26(31)35)10-15-11-20(28)22(21(29)12-15)37-13-14-2-6-17(27)7-3-14/h2-12H,13H2,1H3,(H,30,32,35)/b19-10+. The highest BCUT2D eigenvalue weighted by molar-refractivity contribution is 6.40. The molecule has 0 aliphatic carbocycles. The van der Waals surface area contributed by atoms with E-state index in [0.29, 0.717) is 10.6 Å². The molecular weight excluding hydrogens is 543 g/mol. The van der Waals surface area contributed by atoms with Gasteiger partial charge in [-0.15, -0.1) is 0 Å². The van der Waals surface area contributed by atoms with Crippen LogP contribution in [0.4, 0.5) is 10.5 Å². The topological polar surface area (TPSA) is 102 Å². The predicted octanol–water partition coefficient (Wildman–Crippen LogP) is 5.68. The van der Waals surface area contributed by atoms with Gasteiger partial charge in [-0.1, -0.05) is 46.9 Å². The van der Waals surface area contributed by atoms with Crippen LogP contribution in [0, 0.1) is 0 Å². The fraction of sp³-hybridized carbons (Fsp3) is 0.0769. The van der Waals surface area contributed by atoms with E-state index in [1.807, 2.05) is 0 Å². The van der Waals surface area contributed by atoms with Crippen molar-refractivity contribution in [1.29, 1.82) is 0 Å². The van der Waals surface area contributed by atoms with Crippen molar-refractivity contribution in [2.24, 2.45) is 0 Å². The van der Waals surface area contributed by atoms with Crippen LogP contribution in [0.15, 0.2) is 66.2 Å². The first-order chi connectivity index (χ1) is 17.7. The maximum Gasteiger partial charge on any atom is 0.337 e. The van der Waals surface area contributed by atoms with E-state index in [-0.39, 0.29) is 39.2 Å². The van der Waals surface area contributed by atoms with Gasteiger partial charge in [0.25, 0.3) is 11.8 Å². The molecule has 3 aromatic carbocycles. The van der Waals surface area contributed by atoms with E-state index < -0.39 is 23.8 Å². The Hall–Kier alpha value is -3.85. The second-order valence-corrected chi connectivity index (χ2v) is 8.98. The number of anilines is 1. The van der Waals surface area contributed by atoms with Crippen molar-refractivity contribution in [3.05, 3.63) is 98.0 Å². The van der Waals surface area contributed by atoms with Gasteiger partial charge < -0.3 is 9.47 Å². The third-order valence-corrected chi connectivity index (χ3v) is 6.09. The number of nitrogens with zero attached hydrogens (tertiary/aromatic N) is 1. The molecule has 37 heavy (non-hydrogen) atoms. The van der Waals surface area contributed by atoms with Gasteiger partial charge in [0, 0.05) is 5.02 Å². The van der Waals surface area contributed by atoms with Gasteiger partial charge in [0.05, 0.1) is 28.4 Å². The van der Waals surface area contributed by atoms with Crippen LogP contribution in [-0.4, -0.2) is 30.9 Å². The lowest BCUT2D eigenvalue weighted by Crippen LogP contribution is -2.54. The number of urea groups is 1. The highest BCUT2D eigenvalue weighted by Gasteiger charge is 2.37. The minimum atomic E-state index is -0.931. The van der Waals surface area contributed by atoms with Crippen molar-refractivity contribution < 1.29 is 28.7 Å². The van der Waals surface area contributed by atoms with Gasteiger partial charge in [-0.05, 0) is 65.7 Å². The number of esters is 1. The molecule has 1 aliphatic heterocycles. The SMILES string of the molecule is COC(=O)c1ccc(N2C(=O)NC(=O)/C(=C\c3cc(Cl)c(OCc4ccc(Cl)cc4)c(Cl)c3)C2=O)cc1. The van der Waals surface area contributed by atoms with Crippen LogP contribution in [0.1, 0.15) is 21.5 Å². The number of amides is 4. The number of imide groups is 2. The molecule has 4 rings (SSSR count). The smallest absolute Gasteiger partial charge is 0.337 e. The molecule has 0 aromatic heterocycles. The van der Waals surface area contributed by atoms with Gasteiger partial charge in [0.1, 0.15) is 12.2 Å². The fourth-order valence-corrected chi connectivity index (χ4v) is 4.20. The first kappa shape index (κ1) is 26.2. The summed E-state index contributed by atoms with van der Waals surface area (Å²) < 4.78 is 10.4. The van der Waals surface area contributed by atoms with Crippen LogP contribution in [0.2, 0.25) is 15.1 Å². The quantitative estimate of drug-likeness (QED) is 0.237. The third-order valence-electron chi connectivity index (χ3n) is 5.28. The minimum absolute atomic E-state index is 0.149. The number of nitrogens with one attached hydrogen (secondary N) is 1. The highest BCUT2D eigenvalue weighted by Crippen LogP contribution is 2.36. The highest BCUT2D eigenvalue weighted by atomic mass is 35.5. The van der Waals surface area contributed by atoms with E-state index in [2.05, 4.69) is 10.1 Å². The molecule has 188 valence electrons. The number of rotatable bonds is 6. The summed E-state index contributed by atoms with van der Waals surface area (Å²) in [7, 11) is 1.23. The molecule has 1 saturated heterocycles. The number of barbiturate groups is 1.